The lowest BCUT2D eigenvalue weighted by molar-refractivity contribution is -0.149. The maximum atomic E-state index is 12.7. The average molecular weight is 298 g/mol. The second-order valence-electron chi connectivity index (χ2n) is 6.10. The topological polar surface area (TPSA) is 72.6 Å². The van der Waals surface area contributed by atoms with Crippen LogP contribution in [0.5, 0.6) is 0 Å². The summed E-state index contributed by atoms with van der Waals surface area (Å²) in [4.78, 5) is 26.0. The SMILES string of the molecule is CCC(CC)CN(CC(=O)OC)C(=O)C1CCCC(N)C1. The van der Waals surface area contributed by atoms with Crippen molar-refractivity contribution >= 4 is 11.9 Å². The molecule has 1 fully saturated rings. The van der Waals surface area contributed by atoms with Crippen LogP contribution in [0.25, 0.3) is 0 Å². The maximum Gasteiger partial charge on any atom is 0.325 e. The van der Waals surface area contributed by atoms with Crippen LogP contribution in [0.1, 0.15) is 52.4 Å². The zero-order valence-electron chi connectivity index (χ0n) is 13.6. The Labute approximate surface area is 128 Å². The van der Waals surface area contributed by atoms with E-state index in [1.807, 2.05) is 0 Å². The highest BCUT2D eigenvalue weighted by atomic mass is 16.5. The van der Waals surface area contributed by atoms with Crippen LogP contribution in [0.2, 0.25) is 0 Å². The van der Waals surface area contributed by atoms with Gasteiger partial charge in [-0.3, -0.25) is 9.59 Å². The van der Waals surface area contributed by atoms with E-state index in [1.54, 1.807) is 4.90 Å². The van der Waals surface area contributed by atoms with Crippen molar-refractivity contribution in [3.05, 3.63) is 0 Å². The molecule has 2 N–H and O–H groups in total. The van der Waals surface area contributed by atoms with Crippen LogP contribution in [0.15, 0.2) is 0 Å². The van der Waals surface area contributed by atoms with Crippen LogP contribution in [-0.2, 0) is 14.3 Å². The first-order valence-electron chi connectivity index (χ1n) is 8.12. The molecule has 122 valence electrons. The summed E-state index contributed by atoms with van der Waals surface area (Å²) < 4.78 is 4.73. The lowest BCUT2D eigenvalue weighted by atomic mass is 9.85. The zero-order valence-corrected chi connectivity index (χ0v) is 13.6. The van der Waals surface area contributed by atoms with E-state index < -0.39 is 0 Å². The number of rotatable bonds is 7. The van der Waals surface area contributed by atoms with Gasteiger partial charge in [0.05, 0.1) is 7.11 Å². The molecule has 0 heterocycles. The van der Waals surface area contributed by atoms with E-state index in [4.69, 9.17) is 10.5 Å². The minimum absolute atomic E-state index is 0.0345. The first-order chi connectivity index (χ1) is 10.0. The maximum absolute atomic E-state index is 12.7. The Morgan fingerprint density at radius 2 is 1.95 bits per heavy atom. The lowest BCUT2D eigenvalue weighted by Crippen LogP contribution is -2.45. The molecule has 1 amide bonds. The summed E-state index contributed by atoms with van der Waals surface area (Å²) in [5.41, 5.74) is 5.98. The Bertz CT molecular complexity index is 342. The van der Waals surface area contributed by atoms with Gasteiger partial charge in [-0.25, -0.2) is 0 Å². The van der Waals surface area contributed by atoms with Crippen molar-refractivity contribution in [2.45, 2.75) is 58.4 Å². The van der Waals surface area contributed by atoms with Crippen LogP contribution in [0.3, 0.4) is 0 Å². The number of carbonyl (C=O) groups excluding carboxylic acids is 2. The molecule has 1 aliphatic rings. The summed E-state index contributed by atoms with van der Waals surface area (Å²) >= 11 is 0. The highest BCUT2D eigenvalue weighted by molar-refractivity contribution is 5.83. The standard InChI is InChI=1S/C16H30N2O3/c1-4-12(5-2)10-18(11-15(19)21-3)16(20)13-7-6-8-14(17)9-13/h12-14H,4-11,17H2,1-3H3. The number of nitrogens with zero attached hydrogens (tertiary/aromatic N) is 1. The predicted octanol–water partition coefficient (Wildman–Crippen LogP) is 1.94. The van der Waals surface area contributed by atoms with E-state index in [-0.39, 0.29) is 30.4 Å². The lowest BCUT2D eigenvalue weighted by Gasteiger charge is -2.32. The monoisotopic (exact) mass is 298 g/mol. The predicted molar refractivity (Wildman–Crippen MR) is 82.6 cm³/mol. The molecule has 0 bridgehead atoms. The Morgan fingerprint density at radius 3 is 2.48 bits per heavy atom. The Hall–Kier alpha value is -1.10. The highest BCUT2D eigenvalue weighted by Gasteiger charge is 2.30. The van der Waals surface area contributed by atoms with E-state index >= 15 is 0 Å². The summed E-state index contributed by atoms with van der Waals surface area (Å²) in [6, 6.07) is 0.112. The van der Waals surface area contributed by atoms with Crippen molar-refractivity contribution in [1.82, 2.24) is 4.90 Å². The zero-order chi connectivity index (χ0) is 15.8. The molecule has 5 heteroatoms. The summed E-state index contributed by atoms with van der Waals surface area (Å²) in [7, 11) is 1.36. The van der Waals surface area contributed by atoms with Crippen molar-refractivity contribution in [1.29, 1.82) is 0 Å². The van der Waals surface area contributed by atoms with Crippen molar-refractivity contribution in [2.24, 2.45) is 17.6 Å². The fraction of sp³-hybridized carbons (Fsp3) is 0.875. The third-order valence-electron chi connectivity index (χ3n) is 4.56. The van der Waals surface area contributed by atoms with Crippen LogP contribution in [0.4, 0.5) is 0 Å². The molecule has 0 aromatic heterocycles. The second kappa shape index (κ2) is 9.03. The summed E-state index contributed by atoms with van der Waals surface area (Å²) in [5, 5.41) is 0. The molecule has 2 unspecified atom stereocenters. The molecule has 0 saturated heterocycles. The van der Waals surface area contributed by atoms with Gasteiger partial charge >= 0.3 is 5.97 Å². The van der Waals surface area contributed by atoms with Crippen molar-refractivity contribution in [3.8, 4) is 0 Å². The van der Waals surface area contributed by atoms with Gasteiger partial charge in [-0.05, 0) is 25.2 Å². The van der Waals surface area contributed by atoms with Crippen LogP contribution >= 0.6 is 0 Å². The average Bonchev–Trinajstić information content (AvgIpc) is 2.50. The molecule has 1 aliphatic carbocycles. The summed E-state index contributed by atoms with van der Waals surface area (Å²) in [6.45, 7) is 4.92. The van der Waals surface area contributed by atoms with Crippen LogP contribution < -0.4 is 5.73 Å². The first-order valence-corrected chi connectivity index (χ1v) is 8.12. The van der Waals surface area contributed by atoms with Crippen molar-refractivity contribution < 1.29 is 14.3 Å². The fourth-order valence-electron chi connectivity index (χ4n) is 3.02. The quantitative estimate of drug-likeness (QED) is 0.729. The van der Waals surface area contributed by atoms with E-state index in [2.05, 4.69) is 13.8 Å². The minimum Gasteiger partial charge on any atom is -0.468 e. The molecule has 0 aromatic carbocycles. The van der Waals surface area contributed by atoms with Crippen molar-refractivity contribution in [2.75, 3.05) is 20.2 Å². The second-order valence-corrected chi connectivity index (χ2v) is 6.10. The molecule has 0 aromatic rings. The smallest absolute Gasteiger partial charge is 0.325 e. The number of nitrogens with two attached hydrogens (primary N) is 1. The van der Waals surface area contributed by atoms with Crippen molar-refractivity contribution in [3.63, 3.8) is 0 Å². The molecule has 1 saturated carbocycles. The largest absolute Gasteiger partial charge is 0.468 e. The van der Waals surface area contributed by atoms with Gasteiger partial charge in [-0.1, -0.05) is 33.1 Å². The molecular weight excluding hydrogens is 268 g/mol. The number of hydrogen-bond donors (Lipinski definition) is 1. The van der Waals surface area contributed by atoms with Gasteiger partial charge < -0.3 is 15.4 Å². The highest BCUT2D eigenvalue weighted by Crippen LogP contribution is 2.25. The van der Waals surface area contributed by atoms with Gasteiger partial charge in [-0.2, -0.15) is 0 Å². The van der Waals surface area contributed by atoms with E-state index in [1.165, 1.54) is 7.11 Å². The summed E-state index contributed by atoms with van der Waals surface area (Å²) in [6.07, 6.45) is 5.62. The molecule has 2 atom stereocenters. The number of ether oxygens (including phenoxy) is 1. The molecule has 21 heavy (non-hydrogen) atoms. The summed E-state index contributed by atoms with van der Waals surface area (Å²) in [5.74, 6) is 0.112. The van der Waals surface area contributed by atoms with E-state index in [9.17, 15) is 9.59 Å². The number of methoxy groups -OCH3 is 1. The normalized spacial score (nSPS) is 22.1. The van der Waals surface area contributed by atoms with Gasteiger partial charge in [0.15, 0.2) is 0 Å². The molecule has 0 radical (unpaired) electrons. The van der Waals surface area contributed by atoms with E-state index in [0.717, 1.165) is 38.5 Å². The fourth-order valence-corrected chi connectivity index (χ4v) is 3.02. The molecule has 0 aliphatic heterocycles. The molecule has 5 nitrogen and oxygen atoms in total. The third-order valence-corrected chi connectivity index (χ3v) is 4.56. The molecule has 1 rings (SSSR count). The molecule has 0 spiro atoms. The van der Waals surface area contributed by atoms with Gasteiger partial charge in [-0.15, -0.1) is 0 Å². The first kappa shape index (κ1) is 18.0. The van der Waals surface area contributed by atoms with E-state index in [0.29, 0.717) is 12.5 Å². The number of carbonyl (C=O) groups is 2. The Kier molecular flexibility index (Phi) is 7.72. The Morgan fingerprint density at radius 1 is 1.29 bits per heavy atom. The van der Waals surface area contributed by atoms with Gasteiger partial charge in [0, 0.05) is 18.5 Å². The van der Waals surface area contributed by atoms with Gasteiger partial charge in [0.25, 0.3) is 0 Å². The van der Waals surface area contributed by atoms with Crippen LogP contribution in [-0.4, -0.2) is 43.0 Å². The minimum atomic E-state index is -0.352. The number of hydrogen-bond acceptors (Lipinski definition) is 4. The van der Waals surface area contributed by atoms with Gasteiger partial charge in [0.1, 0.15) is 6.54 Å². The Balaban J connectivity index is 2.73. The van der Waals surface area contributed by atoms with Gasteiger partial charge in [0.2, 0.25) is 5.91 Å². The molecular formula is C16H30N2O3. The van der Waals surface area contributed by atoms with Crippen LogP contribution in [0, 0.1) is 11.8 Å². The number of amides is 1. The third kappa shape index (κ3) is 5.65. The number of esters is 1.